The molecule has 3 aromatic rings. The van der Waals surface area contributed by atoms with Gasteiger partial charge in [0.05, 0.1) is 34.6 Å². The lowest BCUT2D eigenvalue weighted by atomic mass is 9.99. The first-order chi connectivity index (χ1) is 19.0. The number of fused-ring (bicyclic) bond motifs is 1. The zero-order chi connectivity index (χ0) is 29.0. The number of rotatable bonds is 9. The van der Waals surface area contributed by atoms with Crippen molar-refractivity contribution < 1.29 is 27.6 Å². The van der Waals surface area contributed by atoms with Crippen molar-refractivity contribution in [2.75, 3.05) is 20.6 Å². The predicted octanol–water partition coefficient (Wildman–Crippen LogP) is 4.90. The number of benzene rings is 3. The Morgan fingerprint density at radius 2 is 1.50 bits per heavy atom. The van der Waals surface area contributed by atoms with E-state index in [4.69, 9.17) is 0 Å². The van der Waals surface area contributed by atoms with E-state index in [0.29, 0.717) is 0 Å². The third-order valence-electron chi connectivity index (χ3n) is 6.54. The Morgan fingerprint density at radius 1 is 0.950 bits per heavy atom. The molecule has 0 radical (unpaired) electrons. The van der Waals surface area contributed by atoms with Gasteiger partial charge in [0, 0.05) is 26.2 Å². The first-order valence-electron chi connectivity index (χ1n) is 12.4. The number of hydrogen-bond acceptors (Lipinski definition) is 5. The lowest BCUT2D eigenvalue weighted by molar-refractivity contribution is -0.138. The quantitative estimate of drug-likeness (QED) is 0.305. The van der Waals surface area contributed by atoms with E-state index in [0.717, 1.165) is 22.2 Å². The van der Waals surface area contributed by atoms with Crippen LogP contribution in [0.5, 0.6) is 0 Å². The van der Waals surface area contributed by atoms with Crippen LogP contribution in [0.2, 0.25) is 0 Å². The molecule has 40 heavy (non-hydrogen) atoms. The molecule has 3 amide bonds. The normalized spacial score (nSPS) is 14.1. The van der Waals surface area contributed by atoms with Crippen LogP contribution in [0.15, 0.2) is 84.0 Å². The van der Waals surface area contributed by atoms with Gasteiger partial charge < -0.3 is 10.2 Å². The van der Waals surface area contributed by atoms with Gasteiger partial charge in [-0.15, -0.1) is 0 Å². The fourth-order valence-corrected chi connectivity index (χ4v) is 4.62. The Kier molecular flexibility index (Phi) is 8.18. The summed E-state index contributed by atoms with van der Waals surface area (Å²) in [6.45, 7) is 3.16. The Morgan fingerprint density at radius 3 is 2.05 bits per heavy atom. The molecule has 0 saturated carbocycles. The van der Waals surface area contributed by atoms with Gasteiger partial charge in [-0.1, -0.05) is 42.5 Å². The molecular formula is C30H27F3N4O3. The number of carbonyl (C=O) groups excluding carboxylic acids is 3. The monoisotopic (exact) mass is 548 g/mol. The number of nitrogens with one attached hydrogen (secondary N) is 1. The third-order valence-corrected chi connectivity index (χ3v) is 6.54. The van der Waals surface area contributed by atoms with E-state index >= 15 is 0 Å². The number of nitrogens with zero attached hydrogens (tertiary/aromatic N) is 3. The van der Waals surface area contributed by atoms with Gasteiger partial charge in [0.2, 0.25) is 0 Å². The SMILES string of the molecule is C=N/C=C(/c1ccc(C(=O)NC(Cc2ccccc2C(F)(F)F)CN2C(=O)c3ccccc3C2=O)cc1)N(C)C. The average Bonchev–Trinajstić information content (AvgIpc) is 3.16. The molecule has 0 aromatic heterocycles. The van der Waals surface area contributed by atoms with Gasteiger partial charge in [-0.3, -0.25) is 24.3 Å². The summed E-state index contributed by atoms with van der Waals surface area (Å²) in [4.78, 5) is 45.8. The second kappa shape index (κ2) is 11.6. The van der Waals surface area contributed by atoms with E-state index in [1.54, 1.807) is 42.6 Å². The molecular weight excluding hydrogens is 521 g/mol. The summed E-state index contributed by atoms with van der Waals surface area (Å²) in [5.74, 6) is -1.69. The van der Waals surface area contributed by atoms with Crippen LogP contribution in [-0.4, -0.2) is 60.9 Å². The Balaban J connectivity index is 1.62. The van der Waals surface area contributed by atoms with Gasteiger partial charge in [-0.25, -0.2) is 0 Å². The molecule has 0 aliphatic carbocycles. The Hall–Kier alpha value is -4.73. The lowest BCUT2D eigenvalue weighted by Gasteiger charge is -2.25. The number of aliphatic imine (C=N–C) groups is 1. The number of imide groups is 1. The van der Waals surface area contributed by atoms with Crippen molar-refractivity contribution in [1.29, 1.82) is 0 Å². The first kappa shape index (κ1) is 28.3. The van der Waals surface area contributed by atoms with Crippen LogP contribution in [-0.2, 0) is 12.6 Å². The highest BCUT2D eigenvalue weighted by atomic mass is 19.4. The van der Waals surface area contributed by atoms with E-state index in [9.17, 15) is 27.6 Å². The maximum Gasteiger partial charge on any atom is 0.416 e. The van der Waals surface area contributed by atoms with Crippen LogP contribution in [0.1, 0.15) is 47.8 Å². The molecule has 206 valence electrons. The fourth-order valence-electron chi connectivity index (χ4n) is 4.62. The van der Waals surface area contributed by atoms with E-state index < -0.39 is 35.5 Å². The number of hydrogen-bond donors (Lipinski definition) is 1. The minimum Gasteiger partial charge on any atom is -0.376 e. The molecule has 0 saturated heterocycles. The van der Waals surface area contributed by atoms with Gasteiger partial charge in [-0.2, -0.15) is 13.2 Å². The van der Waals surface area contributed by atoms with Crippen molar-refractivity contribution in [3.8, 4) is 0 Å². The number of halogens is 3. The van der Waals surface area contributed by atoms with E-state index in [2.05, 4.69) is 17.0 Å². The molecule has 1 atom stereocenters. The molecule has 1 aliphatic rings. The van der Waals surface area contributed by atoms with Gasteiger partial charge in [0.25, 0.3) is 17.7 Å². The largest absolute Gasteiger partial charge is 0.416 e. The molecule has 0 bridgehead atoms. The lowest BCUT2D eigenvalue weighted by Crippen LogP contribution is -2.47. The van der Waals surface area contributed by atoms with E-state index in [1.807, 2.05) is 19.0 Å². The molecule has 1 N–H and O–H groups in total. The highest BCUT2D eigenvalue weighted by Crippen LogP contribution is 2.33. The van der Waals surface area contributed by atoms with Crippen molar-refractivity contribution in [2.24, 2.45) is 4.99 Å². The molecule has 3 aromatic carbocycles. The number of carbonyl (C=O) groups is 3. The van der Waals surface area contributed by atoms with Crippen molar-refractivity contribution in [1.82, 2.24) is 15.1 Å². The van der Waals surface area contributed by atoms with Crippen molar-refractivity contribution in [3.05, 3.63) is 112 Å². The smallest absolute Gasteiger partial charge is 0.376 e. The molecule has 1 aliphatic heterocycles. The molecule has 1 heterocycles. The minimum absolute atomic E-state index is 0.0649. The number of alkyl halides is 3. The molecule has 10 heteroatoms. The highest BCUT2D eigenvalue weighted by Gasteiger charge is 2.38. The molecule has 0 fully saturated rings. The van der Waals surface area contributed by atoms with Crippen molar-refractivity contribution in [3.63, 3.8) is 0 Å². The zero-order valence-electron chi connectivity index (χ0n) is 21.9. The van der Waals surface area contributed by atoms with Gasteiger partial charge >= 0.3 is 6.18 Å². The zero-order valence-corrected chi connectivity index (χ0v) is 21.9. The summed E-state index contributed by atoms with van der Waals surface area (Å²) < 4.78 is 41.2. The van der Waals surface area contributed by atoms with Crippen LogP contribution in [0.4, 0.5) is 13.2 Å². The molecule has 4 rings (SSSR count). The van der Waals surface area contributed by atoms with Gasteiger partial charge in [0.1, 0.15) is 0 Å². The standard InChI is InChI=1S/C30H27F3N4O3/c1-34-17-26(36(2)3)19-12-14-20(15-13-19)27(38)35-22(16-21-8-4-7-11-25(21)30(31,32)33)18-37-28(39)23-9-5-6-10-24(23)29(37)40/h4-15,17,22H,1,16,18H2,2-3H3,(H,35,38)/b26-17-. The summed E-state index contributed by atoms with van der Waals surface area (Å²) in [7, 11) is 3.67. The summed E-state index contributed by atoms with van der Waals surface area (Å²) >= 11 is 0. The van der Waals surface area contributed by atoms with Gasteiger partial charge in [0.15, 0.2) is 0 Å². The first-order valence-corrected chi connectivity index (χ1v) is 12.4. The highest BCUT2D eigenvalue weighted by molar-refractivity contribution is 6.21. The Bertz CT molecular complexity index is 1450. The molecule has 1 unspecified atom stereocenters. The van der Waals surface area contributed by atoms with Crippen molar-refractivity contribution in [2.45, 2.75) is 18.6 Å². The second-order valence-corrected chi connectivity index (χ2v) is 9.46. The maximum atomic E-state index is 13.7. The summed E-state index contributed by atoms with van der Waals surface area (Å²) in [5, 5.41) is 2.75. The topological polar surface area (TPSA) is 82.1 Å². The van der Waals surface area contributed by atoms with E-state index in [1.165, 1.54) is 30.3 Å². The fraction of sp³-hybridized carbons (Fsp3) is 0.200. The summed E-state index contributed by atoms with van der Waals surface area (Å²) in [6, 6.07) is 16.9. The third kappa shape index (κ3) is 5.96. The van der Waals surface area contributed by atoms with Crippen molar-refractivity contribution >= 4 is 30.1 Å². The summed E-state index contributed by atoms with van der Waals surface area (Å²) in [6.07, 6.45) is -3.30. The predicted molar refractivity (Wildman–Crippen MR) is 146 cm³/mol. The molecule has 7 nitrogen and oxygen atoms in total. The molecule has 0 spiro atoms. The Labute approximate surface area is 229 Å². The minimum atomic E-state index is -4.62. The summed E-state index contributed by atoms with van der Waals surface area (Å²) in [5.41, 5.74) is 1.30. The van der Waals surface area contributed by atoms with Crippen LogP contribution >= 0.6 is 0 Å². The van der Waals surface area contributed by atoms with Crippen LogP contribution in [0.25, 0.3) is 5.70 Å². The number of amides is 3. The second-order valence-electron chi connectivity index (χ2n) is 9.46. The van der Waals surface area contributed by atoms with Crippen LogP contribution in [0.3, 0.4) is 0 Å². The maximum absolute atomic E-state index is 13.7. The van der Waals surface area contributed by atoms with Crippen LogP contribution < -0.4 is 5.32 Å². The average molecular weight is 549 g/mol. The van der Waals surface area contributed by atoms with E-state index in [-0.39, 0.29) is 35.2 Å². The van der Waals surface area contributed by atoms with Gasteiger partial charge in [-0.05, 0) is 54.6 Å². The van der Waals surface area contributed by atoms with Crippen LogP contribution in [0, 0.1) is 0 Å².